The molecule has 3 rings (SSSR count). The Kier molecular flexibility index (Phi) is 4.99. The molecule has 2 aromatic carbocycles. The van der Waals surface area contributed by atoms with Crippen LogP contribution < -0.4 is 0 Å². The first kappa shape index (κ1) is 17.6. The fourth-order valence-electron chi connectivity index (χ4n) is 2.23. The third kappa shape index (κ3) is 3.89. The number of carbonyl (C=O) groups excluding carboxylic acids is 1. The fourth-order valence-corrected chi connectivity index (χ4v) is 2.43. The van der Waals surface area contributed by atoms with E-state index in [1.807, 2.05) is 31.2 Å². The van der Waals surface area contributed by atoms with Crippen LogP contribution in [0, 0.1) is 17.0 Å². The van der Waals surface area contributed by atoms with Gasteiger partial charge in [0.05, 0.1) is 15.5 Å². The quantitative estimate of drug-likeness (QED) is 0.370. The topological polar surface area (TPSA) is 95.5 Å². The fraction of sp³-hybridized carbons (Fsp3) is 0.111. The minimum absolute atomic E-state index is 0.0705. The number of halogens is 1. The zero-order valence-corrected chi connectivity index (χ0v) is 14.4. The molecule has 0 spiro atoms. The van der Waals surface area contributed by atoms with E-state index in [4.69, 9.17) is 20.9 Å². The van der Waals surface area contributed by atoms with E-state index >= 15 is 0 Å². The molecule has 0 N–H and O–H groups in total. The Morgan fingerprint density at radius 3 is 2.65 bits per heavy atom. The van der Waals surface area contributed by atoms with Gasteiger partial charge in [0.15, 0.2) is 5.76 Å². The van der Waals surface area contributed by atoms with Crippen molar-refractivity contribution in [2.45, 2.75) is 13.5 Å². The predicted molar refractivity (Wildman–Crippen MR) is 93.9 cm³/mol. The maximum absolute atomic E-state index is 12.1. The third-order valence-electron chi connectivity index (χ3n) is 3.63. The number of hydrogen-bond donors (Lipinski definition) is 0. The second kappa shape index (κ2) is 7.37. The molecule has 0 saturated carbocycles. The van der Waals surface area contributed by atoms with Crippen LogP contribution in [-0.2, 0) is 11.3 Å². The summed E-state index contributed by atoms with van der Waals surface area (Å²) in [5, 5.41) is 14.7. The molecular formula is C18H13ClN2O5. The summed E-state index contributed by atoms with van der Waals surface area (Å²) in [7, 11) is 0. The summed E-state index contributed by atoms with van der Waals surface area (Å²) in [5.41, 5.74) is 2.06. The summed E-state index contributed by atoms with van der Waals surface area (Å²) < 4.78 is 10.4. The molecule has 0 saturated heterocycles. The molecule has 0 aliphatic carbocycles. The molecule has 0 amide bonds. The van der Waals surface area contributed by atoms with Gasteiger partial charge < -0.3 is 9.26 Å². The second-order valence-corrected chi connectivity index (χ2v) is 5.95. The Morgan fingerprint density at radius 2 is 1.96 bits per heavy atom. The minimum atomic E-state index is -0.779. The van der Waals surface area contributed by atoms with Crippen LogP contribution in [0.15, 0.2) is 53.1 Å². The number of ether oxygens (including phenoxy) is 1. The largest absolute Gasteiger partial charge is 0.455 e. The summed E-state index contributed by atoms with van der Waals surface area (Å²) in [5.74, 6) is -0.233. The molecular weight excluding hydrogens is 360 g/mol. The average Bonchev–Trinajstić information content (AvgIpc) is 3.09. The number of nitro benzene ring substituents is 1. The highest BCUT2D eigenvalue weighted by molar-refractivity contribution is 6.33. The highest BCUT2D eigenvalue weighted by Crippen LogP contribution is 2.24. The van der Waals surface area contributed by atoms with E-state index in [0.29, 0.717) is 11.5 Å². The van der Waals surface area contributed by atoms with E-state index in [1.54, 1.807) is 6.07 Å². The van der Waals surface area contributed by atoms with Crippen molar-refractivity contribution < 1.29 is 19.0 Å². The SMILES string of the molecule is Cc1ccc(-c2cc(COC(=O)c3cc([N+](=O)[O-])ccc3Cl)no2)cc1. The predicted octanol–water partition coefficient (Wildman–Crippen LogP) is 4.57. The number of aryl methyl sites for hydroxylation is 1. The third-order valence-corrected chi connectivity index (χ3v) is 3.96. The lowest BCUT2D eigenvalue weighted by molar-refractivity contribution is -0.384. The molecule has 26 heavy (non-hydrogen) atoms. The van der Waals surface area contributed by atoms with Gasteiger partial charge in [-0.15, -0.1) is 0 Å². The smallest absolute Gasteiger partial charge is 0.340 e. The van der Waals surface area contributed by atoms with Gasteiger partial charge in [0, 0.05) is 23.8 Å². The monoisotopic (exact) mass is 372 g/mol. The maximum atomic E-state index is 12.1. The molecule has 132 valence electrons. The zero-order chi connectivity index (χ0) is 18.7. The number of carbonyl (C=O) groups is 1. The van der Waals surface area contributed by atoms with Crippen LogP contribution in [0.25, 0.3) is 11.3 Å². The number of rotatable bonds is 5. The van der Waals surface area contributed by atoms with Crippen molar-refractivity contribution in [3.05, 3.63) is 80.5 Å². The molecule has 0 fully saturated rings. The van der Waals surface area contributed by atoms with Gasteiger partial charge in [-0.25, -0.2) is 4.79 Å². The Balaban J connectivity index is 1.70. The Morgan fingerprint density at radius 1 is 1.23 bits per heavy atom. The van der Waals surface area contributed by atoms with Crippen LogP contribution in [0.1, 0.15) is 21.6 Å². The standard InChI is InChI=1S/C18H13ClN2O5/c1-11-2-4-12(5-3-11)17-8-13(20-26-17)10-25-18(22)15-9-14(21(23)24)6-7-16(15)19/h2-9H,10H2,1H3. The average molecular weight is 373 g/mol. The van der Waals surface area contributed by atoms with Crippen molar-refractivity contribution in [3.8, 4) is 11.3 Å². The van der Waals surface area contributed by atoms with Crippen LogP contribution >= 0.6 is 11.6 Å². The van der Waals surface area contributed by atoms with Crippen LogP contribution in [-0.4, -0.2) is 16.0 Å². The van der Waals surface area contributed by atoms with Gasteiger partial charge in [-0.2, -0.15) is 0 Å². The molecule has 3 aromatic rings. The van der Waals surface area contributed by atoms with Gasteiger partial charge in [0.25, 0.3) is 5.69 Å². The molecule has 0 atom stereocenters. The summed E-state index contributed by atoms with van der Waals surface area (Å²) in [6, 6.07) is 12.9. The maximum Gasteiger partial charge on any atom is 0.340 e. The molecule has 0 aliphatic rings. The molecule has 0 aliphatic heterocycles. The van der Waals surface area contributed by atoms with E-state index in [2.05, 4.69) is 5.16 Å². The highest BCUT2D eigenvalue weighted by Gasteiger charge is 2.18. The first-order valence-electron chi connectivity index (χ1n) is 7.58. The summed E-state index contributed by atoms with van der Waals surface area (Å²) in [4.78, 5) is 22.3. The first-order valence-corrected chi connectivity index (χ1v) is 7.95. The van der Waals surface area contributed by atoms with E-state index in [-0.39, 0.29) is 22.9 Å². The second-order valence-electron chi connectivity index (χ2n) is 5.55. The number of benzene rings is 2. The van der Waals surface area contributed by atoms with E-state index in [9.17, 15) is 14.9 Å². The number of nitro groups is 1. The van der Waals surface area contributed by atoms with Gasteiger partial charge >= 0.3 is 5.97 Å². The summed E-state index contributed by atoms with van der Waals surface area (Å²) in [6.07, 6.45) is 0. The highest BCUT2D eigenvalue weighted by atomic mass is 35.5. The van der Waals surface area contributed by atoms with Crippen molar-refractivity contribution in [3.63, 3.8) is 0 Å². The molecule has 0 unspecified atom stereocenters. The number of nitrogens with zero attached hydrogens (tertiary/aromatic N) is 2. The van der Waals surface area contributed by atoms with Gasteiger partial charge in [0.2, 0.25) is 0 Å². The van der Waals surface area contributed by atoms with Crippen molar-refractivity contribution in [1.29, 1.82) is 0 Å². The van der Waals surface area contributed by atoms with Crippen LogP contribution in [0.2, 0.25) is 5.02 Å². The molecule has 1 aromatic heterocycles. The number of non-ortho nitro benzene ring substituents is 1. The number of hydrogen-bond acceptors (Lipinski definition) is 6. The van der Waals surface area contributed by atoms with E-state index in [0.717, 1.165) is 17.2 Å². The normalized spacial score (nSPS) is 10.5. The minimum Gasteiger partial charge on any atom is -0.455 e. The summed E-state index contributed by atoms with van der Waals surface area (Å²) >= 11 is 5.92. The van der Waals surface area contributed by atoms with Gasteiger partial charge in [-0.3, -0.25) is 10.1 Å². The lowest BCUT2D eigenvalue weighted by Crippen LogP contribution is -2.06. The zero-order valence-electron chi connectivity index (χ0n) is 13.6. The van der Waals surface area contributed by atoms with Gasteiger partial charge in [-0.1, -0.05) is 46.6 Å². The summed E-state index contributed by atoms with van der Waals surface area (Å²) in [6.45, 7) is 1.83. The lowest BCUT2D eigenvalue weighted by atomic mass is 10.1. The van der Waals surface area contributed by atoms with Crippen molar-refractivity contribution >= 4 is 23.3 Å². The van der Waals surface area contributed by atoms with Crippen LogP contribution in [0.3, 0.4) is 0 Å². The van der Waals surface area contributed by atoms with Crippen LogP contribution in [0.4, 0.5) is 5.69 Å². The molecule has 8 heteroatoms. The van der Waals surface area contributed by atoms with Gasteiger partial charge in [-0.05, 0) is 13.0 Å². The van der Waals surface area contributed by atoms with Crippen molar-refractivity contribution in [1.82, 2.24) is 5.16 Å². The Bertz CT molecular complexity index is 966. The van der Waals surface area contributed by atoms with Gasteiger partial charge in [0.1, 0.15) is 12.3 Å². The van der Waals surface area contributed by atoms with E-state index in [1.165, 1.54) is 12.1 Å². The van der Waals surface area contributed by atoms with E-state index < -0.39 is 10.9 Å². The molecule has 0 bridgehead atoms. The molecule has 0 radical (unpaired) electrons. The Labute approximate surface area is 153 Å². The lowest BCUT2D eigenvalue weighted by Gasteiger charge is -2.04. The molecule has 1 heterocycles. The van der Waals surface area contributed by atoms with Crippen molar-refractivity contribution in [2.75, 3.05) is 0 Å². The molecule has 7 nitrogen and oxygen atoms in total. The van der Waals surface area contributed by atoms with Crippen molar-refractivity contribution in [2.24, 2.45) is 0 Å². The first-order chi connectivity index (χ1) is 12.4. The Hall–Kier alpha value is -3.19. The number of aromatic nitrogens is 1. The number of esters is 1. The van der Waals surface area contributed by atoms with Crippen LogP contribution in [0.5, 0.6) is 0 Å².